The van der Waals surface area contributed by atoms with Crippen molar-refractivity contribution in [3.05, 3.63) is 29.3 Å². The zero-order valence-electron chi connectivity index (χ0n) is 7.79. The summed E-state index contributed by atoms with van der Waals surface area (Å²) in [6.07, 6.45) is 0.764. The summed E-state index contributed by atoms with van der Waals surface area (Å²) in [4.78, 5) is 11.1. The monoisotopic (exact) mass is 179 g/mol. The van der Waals surface area contributed by atoms with Crippen molar-refractivity contribution >= 4 is 5.91 Å². The molecule has 0 spiro atoms. The van der Waals surface area contributed by atoms with Crippen LogP contribution in [-0.4, -0.2) is 18.1 Å². The molecule has 0 unspecified atom stereocenters. The van der Waals surface area contributed by atoms with E-state index in [-0.39, 0.29) is 11.7 Å². The smallest absolute Gasteiger partial charge is 0.251 e. The van der Waals surface area contributed by atoms with E-state index in [0.717, 1.165) is 12.0 Å². The average Bonchev–Trinajstić information content (AvgIpc) is 2.16. The van der Waals surface area contributed by atoms with Crippen LogP contribution in [0.4, 0.5) is 0 Å². The van der Waals surface area contributed by atoms with E-state index < -0.39 is 0 Å². The molecule has 1 aromatic carbocycles. The lowest BCUT2D eigenvalue weighted by atomic mass is 10.1. The van der Waals surface area contributed by atoms with Crippen LogP contribution in [-0.2, 0) is 6.42 Å². The first-order chi connectivity index (χ1) is 6.19. The van der Waals surface area contributed by atoms with Crippen molar-refractivity contribution in [2.24, 2.45) is 0 Å². The highest BCUT2D eigenvalue weighted by Crippen LogP contribution is 2.18. The van der Waals surface area contributed by atoms with Gasteiger partial charge in [0, 0.05) is 12.6 Å². The Morgan fingerprint density at radius 1 is 1.54 bits per heavy atom. The number of hydrogen-bond donors (Lipinski definition) is 2. The number of phenolic OH excluding ortho intramolecular Hbond substituents is 1. The fourth-order valence-electron chi connectivity index (χ4n) is 1.15. The number of carbonyl (C=O) groups excluding carboxylic acids is 1. The van der Waals surface area contributed by atoms with Crippen LogP contribution in [0, 0.1) is 0 Å². The summed E-state index contributed by atoms with van der Waals surface area (Å²) in [6.45, 7) is 1.95. The van der Waals surface area contributed by atoms with Crippen molar-refractivity contribution in [3.63, 3.8) is 0 Å². The first kappa shape index (κ1) is 9.58. The molecule has 3 nitrogen and oxygen atoms in total. The lowest BCUT2D eigenvalue weighted by molar-refractivity contribution is 0.0962. The highest BCUT2D eigenvalue weighted by molar-refractivity contribution is 5.94. The zero-order chi connectivity index (χ0) is 9.84. The standard InChI is InChI=1S/C10H13NO2/c1-3-7-4-5-8(6-9(7)12)10(13)11-2/h4-6,12H,3H2,1-2H3,(H,11,13). The number of benzene rings is 1. The lowest BCUT2D eigenvalue weighted by Crippen LogP contribution is -2.17. The molecule has 0 atom stereocenters. The molecule has 0 aliphatic rings. The van der Waals surface area contributed by atoms with Gasteiger partial charge in [0.15, 0.2) is 0 Å². The SMILES string of the molecule is CCc1ccc(C(=O)NC)cc1O. The number of nitrogens with one attached hydrogen (secondary N) is 1. The van der Waals surface area contributed by atoms with Crippen LogP contribution in [0.1, 0.15) is 22.8 Å². The average molecular weight is 179 g/mol. The topological polar surface area (TPSA) is 49.3 Å². The minimum absolute atomic E-state index is 0.182. The fraction of sp³-hybridized carbons (Fsp3) is 0.300. The molecule has 0 aromatic heterocycles. The number of carbonyl (C=O) groups is 1. The number of rotatable bonds is 2. The Hall–Kier alpha value is -1.51. The molecule has 0 aliphatic heterocycles. The maximum atomic E-state index is 11.1. The van der Waals surface area contributed by atoms with Gasteiger partial charge in [0.1, 0.15) is 5.75 Å². The molecule has 1 rings (SSSR count). The van der Waals surface area contributed by atoms with Gasteiger partial charge in [-0.3, -0.25) is 4.79 Å². The van der Waals surface area contributed by atoms with Crippen LogP contribution in [0.3, 0.4) is 0 Å². The van der Waals surface area contributed by atoms with Gasteiger partial charge >= 0.3 is 0 Å². The summed E-state index contributed by atoms with van der Waals surface area (Å²) in [5, 5.41) is 12.0. The zero-order valence-corrected chi connectivity index (χ0v) is 7.79. The number of hydrogen-bond acceptors (Lipinski definition) is 2. The van der Waals surface area contributed by atoms with Crippen molar-refractivity contribution in [2.75, 3.05) is 7.05 Å². The predicted octanol–water partition coefficient (Wildman–Crippen LogP) is 1.31. The molecular formula is C10H13NO2. The van der Waals surface area contributed by atoms with Crippen LogP contribution < -0.4 is 5.32 Å². The van der Waals surface area contributed by atoms with Gasteiger partial charge in [0.25, 0.3) is 5.91 Å². The Labute approximate surface area is 77.4 Å². The van der Waals surface area contributed by atoms with Gasteiger partial charge in [-0.15, -0.1) is 0 Å². The first-order valence-electron chi connectivity index (χ1n) is 4.23. The number of phenols is 1. The molecule has 70 valence electrons. The maximum absolute atomic E-state index is 11.1. The molecule has 1 amide bonds. The quantitative estimate of drug-likeness (QED) is 0.719. The van der Waals surface area contributed by atoms with E-state index in [9.17, 15) is 9.90 Å². The molecule has 0 heterocycles. The minimum Gasteiger partial charge on any atom is -0.508 e. The number of aromatic hydroxyl groups is 1. The van der Waals surface area contributed by atoms with Gasteiger partial charge in [0.05, 0.1) is 0 Å². The Kier molecular flexibility index (Phi) is 2.90. The van der Waals surface area contributed by atoms with Crippen LogP contribution >= 0.6 is 0 Å². The summed E-state index contributed by atoms with van der Waals surface area (Å²) in [5.41, 5.74) is 1.34. The summed E-state index contributed by atoms with van der Waals surface area (Å²) in [7, 11) is 1.56. The Morgan fingerprint density at radius 2 is 2.23 bits per heavy atom. The summed E-state index contributed by atoms with van der Waals surface area (Å²) < 4.78 is 0. The van der Waals surface area contributed by atoms with Gasteiger partial charge in [-0.05, 0) is 24.1 Å². The van der Waals surface area contributed by atoms with E-state index in [1.54, 1.807) is 19.2 Å². The fourth-order valence-corrected chi connectivity index (χ4v) is 1.15. The van der Waals surface area contributed by atoms with Gasteiger partial charge in [-0.25, -0.2) is 0 Å². The molecule has 0 radical (unpaired) electrons. The predicted molar refractivity (Wildman–Crippen MR) is 50.9 cm³/mol. The van der Waals surface area contributed by atoms with Crippen molar-refractivity contribution in [1.82, 2.24) is 5.32 Å². The van der Waals surface area contributed by atoms with Gasteiger partial charge in [-0.2, -0.15) is 0 Å². The van der Waals surface area contributed by atoms with Crippen molar-refractivity contribution in [1.29, 1.82) is 0 Å². The summed E-state index contributed by atoms with van der Waals surface area (Å²) >= 11 is 0. The van der Waals surface area contributed by atoms with Crippen molar-refractivity contribution < 1.29 is 9.90 Å². The maximum Gasteiger partial charge on any atom is 0.251 e. The number of aryl methyl sites for hydroxylation is 1. The second-order valence-corrected chi connectivity index (χ2v) is 2.78. The normalized spacial score (nSPS) is 9.69. The molecule has 2 N–H and O–H groups in total. The van der Waals surface area contributed by atoms with Crippen molar-refractivity contribution in [3.8, 4) is 5.75 Å². The van der Waals surface area contributed by atoms with E-state index in [2.05, 4.69) is 5.32 Å². The Bertz CT molecular complexity index is 321. The minimum atomic E-state index is -0.182. The largest absolute Gasteiger partial charge is 0.508 e. The van der Waals surface area contributed by atoms with E-state index >= 15 is 0 Å². The summed E-state index contributed by atoms with van der Waals surface area (Å²) in [6, 6.07) is 4.95. The van der Waals surface area contributed by atoms with E-state index in [0.29, 0.717) is 5.56 Å². The van der Waals surface area contributed by atoms with Gasteiger partial charge in [-0.1, -0.05) is 13.0 Å². The molecule has 0 aliphatic carbocycles. The molecule has 3 heteroatoms. The Balaban J connectivity index is 3.02. The van der Waals surface area contributed by atoms with Crippen LogP contribution in [0.15, 0.2) is 18.2 Å². The molecule has 0 bridgehead atoms. The van der Waals surface area contributed by atoms with Crippen molar-refractivity contribution in [2.45, 2.75) is 13.3 Å². The number of amides is 1. The van der Waals surface area contributed by atoms with E-state index in [4.69, 9.17) is 0 Å². The van der Waals surface area contributed by atoms with Crippen LogP contribution in [0.5, 0.6) is 5.75 Å². The molecule has 0 saturated carbocycles. The first-order valence-corrected chi connectivity index (χ1v) is 4.23. The highest BCUT2D eigenvalue weighted by atomic mass is 16.3. The van der Waals surface area contributed by atoms with E-state index in [1.807, 2.05) is 6.92 Å². The molecular weight excluding hydrogens is 166 g/mol. The summed E-state index contributed by atoms with van der Waals surface area (Å²) in [5.74, 6) is 0.00144. The third-order valence-electron chi connectivity index (χ3n) is 1.96. The molecule has 0 fully saturated rings. The van der Waals surface area contributed by atoms with Gasteiger partial charge in [0.2, 0.25) is 0 Å². The van der Waals surface area contributed by atoms with Crippen LogP contribution in [0.25, 0.3) is 0 Å². The van der Waals surface area contributed by atoms with E-state index in [1.165, 1.54) is 6.07 Å². The molecule has 13 heavy (non-hydrogen) atoms. The third-order valence-corrected chi connectivity index (χ3v) is 1.96. The second-order valence-electron chi connectivity index (χ2n) is 2.78. The third kappa shape index (κ3) is 1.99. The second kappa shape index (κ2) is 3.94. The highest BCUT2D eigenvalue weighted by Gasteiger charge is 2.05. The molecule has 0 saturated heterocycles. The van der Waals surface area contributed by atoms with Crippen LogP contribution in [0.2, 0.25) is 0 Å². The van der Waals surface area contributed by atoms with Gasteiger partial charge < -0.3 is 10.4 Å². The Morgan fingerprint density at radius 3 is 2.69 bits per heavy atom. The molecule has 1 aromatic rings. The lowest BCUT2D eigenvalue weighted by Gasteiger charge is -2.04.